The van der Waals surface area contributed by atoms with Gasteiger partial charge in [0.15, 0.2) is 0 Å². The van der Waals surface area contributed by atoms with Crippen LogP contribution in [-0.2, 0) is 4.74 Å². The van der Waals surface area contributed by atoms with Crippen LogP contribution in [-0.4, -0.2) is 65.1 Å². The number of nitrogens with zero attached hydrogens (tertiary/aromatic N) is 5. The number of rotatable bonds is 6. The van der Waals surface area contributed by atoms with Gasteiger partial charge < -0.3 is 15.0 Å². The van der Waals surface area contributed by atoms with Crippen molar-refractivity contribution in [2.24, 2.45) is 0 Å². The van der Waals surface area contributed by atoms with Crippen molar-refractivity contribution in [3.8, 4) is 5.69 Å². The van der Waals surface area contributed by atoms with E-state index in [9.17, 15) is 8.78 Å². The number of morpholine rings is 1. The molecule has 0 radical (unpaired) electrons. The summed E-state index contributed by atoms with van der Waals surface area (Å²) in [5, 5.41) is 7.65. The second-order valence-electron chi connectivity index (χ2n) is 8.30. The number of ether oxygens (including phenoxy) is 1. The minimum Gasteiger partial charge on any atom is -0.379 e. The summed E-state index contributed by atoms with van der Waals surface area (Å²) in [7, 11) is 0. The second-order valence-corrected chi connectivity index (χ2v) is 8.30. The van der Waals surface area contributed by atoms with Crippen LogP contribution >= 0.6 is 0 Å². The number of nitrogens with one attached hydrogen (secondary N) is 1. The molecule has 2 aliphatic heterocycles. The van der Waals surface area contributed by atoms with Crippen LogP contribution in [0.15, 0.2) is 48.8 Å². The third-order valence-electron chi connectivity index (χ3n) is 5.99. The van der Waals surface area contributed by atoms with Crippen LogP contribution in [0, 0.1) is 6.92 Å². The number of anilines is 3. The van der Waals surface area contributed by atoms with E-state index in [-0.39, 0.29) is 5.56 Å². The first-order valence-corrected chi connectivity index (χ1v) is 10.8. The molecule has 2 aliphatic rings. The van der Waals surface area contributed by atoms with Gasteiger partial charge in [-0.25, -0.2) is 13.5 Å². The molecule has 2 saturated heterocycles. The molecule has 0 unspecified atom stereocenters. The molecule has 32 heavy (non-hydrogen) atoms. The SMILES string of the molecule is Cc1cc(Nc2ncn(-c3cccc(C(F)F)c3)n2)cc(N2CC(N3CCOCC3)C2)c1. The standard InChI is InChI=1S/C23H26F2N6O/c1-16-9-18(12-20(10-16)30-13-21(14-30)29-5-7-32-8-6-29)27-23-26-15-31(28-23)19-4-2-3-17(11-19)22(24)25/h2-4,9-12,15,21-22H,5-8,13-14H2,1H3,(H,27,28). The van der Waals surface area contributed by atoms with Crippen molar-refractivity contribution >= 4 is 17.3 Å². The van der Waals surface area contributed by atoms with Crippen molar-refractivity contribution in [2.45, 2.75) is 19.4 Å². The fourth-order valence-corrected chi connectivity index (χ4v) is 4.23. The average molecular weight is 440 g/mol. The van der Waals surface area contributed by atoms with E-state index in [1.54, 1.807) is 12.1 Å². The Morgan fingerprint density at radius 3 is 2.66 bits per heavy atom. The summed E-state index contributed by atoms with van der Waals surface area (Å²) in [6.07, 6.45) is -1.00. The molecule has 9 heteroatoms. The van der Waals surface area contributed by atoms with E-state index in [0.717, 1.165) is 50.6 Å². The fourth-order valence-electron chi connectivity index (χ4n) is 4.23. The van der Waals surface area contributed by atoms with E-state index in [4.69, 9.17) is 4.74 Å². The maximum Gasteiger partial charge on any atom is 0.263 e. The molecule has 0 amide bonds. The van der Waals surface area contributed by atoms with E-state index < -0.39 is 6.43 Å². The smallest absolute Gasteiger partial charge is 0.263 e. The van der Waals surface area contributed by atoms with Crippen LogP contribution in [0.25, 0.3) is 5.69 Å². The maximum absolute atomic E-state index is 13.0. The molecule has 7 nitrogen and oxygen atoms in total. The number of aryl methyl sites for hydroxylation is 1. The Balaban J connectivity index is 1.27. The maximum atomic E-state index is 13.0. The van der Waals surface area contributed by atoms with E-state index in [1.807, 2.05) is 6.07 Å². The van der Waals surface area contributed by atoms with Gasteiger partial charge in [0.25, 0.3) is 6.43 Å². The molecule has 168 valence electrons. The number of aromatic nitrogens is 3. The minimum absolute atomic E-state index is 0.0410. The van der Waals surface area contributed by atoms with Crippen molar-refractivity contribution in [1.29, 1.82) is 0 Å². The van der Waals surface area contributed by atoms with Crippen LogP contribution in [0.2, 0.25) is 0 Å². The molecule has 0 bridgehead atoms. The lowest BCUT2D eigenvalue weighted by Crippen LogP contribution is -2.61. The van der Waals surface area contributed by atoms with Gasteiger partial charge in [0.05, 0.1) is 18.9 Å². The van der Waals surface area contributed by atoms with E-state index >= 15 is 0 Å². The monoisotopic (exact) mass is 440 g/mol. The normalized spacial score (nSPS) is 17.6. The van der Waals surface area contributed by atoms with Gasteiger partial charge >= 0.3 is 0 Å². The van der Waals surface area contributed by atoms with Crippen molar-refractivity contribution in [1.82, 2.24) is 19.7 Å². The first-order chi connectivity index (χ1) is 15.5. The third kappa shape index (κ3) is 4.44. The Kier molecular flexibility index (Phi) is 5.75. The molecular weight excluding hydrogens is 414 g/mol. The summed E-state index contributed by atoms with van der Waals surface area (Å²) in [4.78, 5) is 9.18. The summed E-state index contributed by atoms with van der Waals surface area (Å²) in [5.41, 5.74) is 3.71. The zero-order valence-corrected chi connectivity index (χ0v) is 17.9. The molecule has 1 aromatic heterocycles. The van der Waals surface area contributed by atoms with E-state index in [1.165, 1.54) is 28.8 Å². The van der Waals surface area contributed by atoms with Gasteiger partial charge in [0, 0.05) is 49.2 Å². The van der Waals surface area contributed by atoms with Crippen LogP contribution in [0.4, 0.5) is 26.1 Å². The number of hydrogen-bond acceptors (Lipinski definition) is 6. The van der Waals surface area contributed by atoms with Gasteiger partial charge in [0.2, 0.25) is 5.95 Å². The second kappa shape index (κ2) is 8.84. The van der Waals surface area contributed by atoms with Crippen LogP contribution in [0.1, 0.15) is 17.6 Å². The summed E-state index contributed by atoms with van der Waals surface area (Å²) >= 11 is 0. The Hall–Kier alpha value is -3.04. The number of alkyl halides is 2. The zero-order valence-electron chi connectivity index (χ0n) is 17.9. The van der Waals surface area contributed by atoms with Crippen molar-refractivity contribution in [3.63, 3.8) is 0 Å². The van der Waals surface area contributed by atoms with E-state index in [0.29, 0.717) is 17.7 Å². The Morgan fingerprint density at radius 1 is 1.06 bits per heavy atom. The zero-order chi connectivity index (χ0) is 22.1. The highest BCUT2D eigenvalue weighted by Gasteiger charge is 2.32. The predicted octanol–water partition coefficient (Wildman–Crippen LogP) is 3.78. The number of benzene rings is 2. The molecule has 0 aliphatic carbocycles. The quantitative estimate of drug-likeness (QED) is 0.630. The highest BCUT2D eigenvalue weighted by atomic mass is 19.3. The highest BCUT2D eigenvalue weighted by molar-refractivity contribution is 5.65. The largest absolute Gasteiger partial charge is 0.379 e. The van der Waals surface area contributed by atoms with Crippen LogP contribution in [0.5, 0.6) is 0 Å². The molecule has 0 atom stereocenters. The van der Waals surface area contributed by atoms with Gasteiger partial charge in [-0.05, 0) is 42.8 Å². The van der Waals surface area contributed by atoms with Gasteiger partial charge in [0.1, 0.15) is 6.33 Å². The summed E-state index contributed by atoms with van der Waals surface area (Å²) in [6, 6.07) is 13.0. The molecule has 2 aromatic carbocycles. The average Bonchev–Trinajstić information content (AvgIpc) is 3.22. The minimum atomic E-state index is -2.52. The lowest BCUT2D eigenvalue weighted by atomic mass is 10.0. The molecule has 2 fully saturated rings. The number of halogens is 2. The first kappa shape index (κ1) is 20.8. The Labute approximate surface area is 185 Å². The fraction of sp³-hybridized carbons (Fsp3) is 0.391. The predicted molar refractivity (Wildman–Crippen MR) is 119 cm³/mol. The van der Waals surface area contributed by atoms with Gasteiger partial charge in [-0.2, -0.15) is 4.98 Å². The van der Waals surface area contributed by atoms with Gasteiger partial charge in [-0.3, -0.25) is 4.90 Å². The first-order valence-electron chi connectivity index (χ1n) is 10.8. The summed E-state index contributed by atoms with van der Waals surface area (Å²) < 4.78 is 32.9. The van der Waals surface area contributed by atoms with Crippen LogP contribution in [0.3, 0.4) is 0 Å². The molecule has 1 N–H and O–H groups in total. The third-order valence-corrected chi connectivity index (χ3v) is 5.99. The van der Waals surface area contributed by atoms with Gasteiger partial charge in [-0.1, -0.05) is 12.1 Å². The van der Waals surface area contributed by atoms with Crippen molar-refractivity contribution < 1.29 is 13.5 Å². The molecule has 3 heterocycles. The van der Waals surface area contributed by atoms with Crippen molar-refractivity contribution in [2.75, 3.05) is 49.6 Å². The topological polar surface area (TPSA) is 58.5 Å². The summed E-state index contributed by atoms with van der Waals surface area (Å²) in [6.45, 7) is 7.74. The van der Waals surface area contributed by atoms with E-state index in [2.05, 4.69) is 44.3 Å². The lowest BCUT2D eigenvalue weighted by Gasteiger charge is -2.47. The van der Waals surface area contributed by atoms with Crippen molar-refractivity contribution in [3.05, 3.63) is 59.9 Å². The number of hydrogen-bond donors (Lipinski definition) is 1. The Bertz CT molecular complexity index is 1080. The van der Waals surface area contributed by atoms with Gasteiger partial charge in [-0.15, -0.1) is 5.10 Å². The molecule has 0 saturated carbocycles. The molecule has 3 aromatic rings. The summed E-state index contributed by atoms with van der Waals surface area (Å²) in [5.74, 6) is 0.416. The molecule has 5 rings (SSSR count). The highest BCUT2D eigenvalue weighted by Crippen LogP contribution is 2.29. The molecule has 0 spiro atoms. The lowest BCUT2D eigenvalue weighted by molar-refractivity contribution is 0.0105. The Morgan fingerprint density at radius 2 is 1.88 bits per heavy atom. The molecular formula is C23H26F2N6O. The van der Waals surface area contributed by atoms with Crippen LogP contribution < -0.4 is 10.2 Å².